The summed E-state index contributed by atoms with van der Waals surface area (Å²) in [4.78, 5) is 73.8. The molecule has 3 rings (SSSR count). The van der Waals surface area contributed by atoms with Gasteiger partial charge in [-0.15, -0.1) is 0 Å². The van der Waals surface area contributed by atoms with Crippen molar-refractivity contribution in [3.8, 4) is 11.8 Å². The first-order chi connectivity index (χ1) is 33.5. The number of aromatic nitrogens is 1. The van der Waals surface area contributed by atoms with Gasteiger partial charge in [-0.1, -0.05) is 119 Å². The number of rotatable bonds is 31. The third kappa shape index (κ3) is 16.4. The van der Waals surface area contributed by atoms with Crippen LogP contribution >= 0.6 is 0 Å². The van der Waals surface area contributed by atoms with Crippen LogP contribution in [0.4, 0.5) is 0 Å². The number of amides is 4. The summed E-state index contributed by atoms with van der Waals surface area (Å²) in [5.41, 5.74) is 1.26. The molecule has 2 aromatic rings. The Labute approximate surface area is 425 Å². The Hall–Kier alpha value is -4.67. The molecular formula is C55H92N6O10. The summed E-state index contributed by atoms with van der Waals surface area (Å²) in [6.07, 6.45) is 5.08. The van der Waals surface area contributed by atoms with Crippen LogP contribution in [0.1, 0.15) is 145 Å². The third-order valence-corrected chi connectivity index (χ3v) is 15.2. The van der Waals surface area contributed by atoms with E-state index in [4.69, 9.17) is 9.47 Å². The fraction of sp³-hybridized carbons (Fsp3) is 0.727. The summed E-state index contributed by atoms with van der Waals surface area (Å²) < 4.78 is 13.6. The van der Waals surface area contributed by atoms with E-state index in [1.807, 2.05) is 58.2 Å². The third-order valence-electron chi connectivity index (χ3n) is 15.2. The number of unbranched alkanes of at least 4 members (excludes halogenated alkanes) is 2. The molecule has 402 valence electrons. The number of carboxylic acids is 1. The van der Waals surface area contributed by atoms with E-state index in [9.17, 15) is 39.3 Å². The molecule has 1 aliphatic rings. The normalized spacial score (nSPS) is 17.6. The zero-order valence-electron chi connectivity index (χ0n) is 45.7. The maximum absolute atomic E-state index is 14.7. The number of carboxylic acid groups (broad SMARTS) is 1. The van der Waals surface area contributed by atoms with E-state index in [0.717, 1.165) is 36.8 Å². The van der Waals surface area contributed by atoms with Gasteiger partial charge in [-0.2, -0.15) is 0 Å². The van der Waals surface area contributed by atoms with E-state index in [1.54, 1.807) is 46.4 Å². The minimum atomic E-state index is -1.14. The Morgan fingerprint density at radius 2 is 1.56 bits per heavy atom. The average molecular weight is 997 g/mol. The van der Waals surface area contributed by atoms with Gasteiger partial charge in [0.25, 0.3) is 0 Å². The first-order valence-corrected chi connectivity index (χ1v) is 26.3. The van der Waals surface area contributed by atoms with Crippen molar-refractivity contribution in [2.24, 2.45) is 23.7 Å². The lowest BCUT2D eigenvalue weighted by Gasteiger charge is -2.41. The number of benzene rings is 1. The molecule has 0 aliphatic carbocycles. The van der Waals surface area contributed by atoms with E-state index >= 15 is 0 Å². The lowest BCUT2D eigenvalue weighted by Crippen LogP contribution is -2.58. The highest BCUT2D eigenvalue weighted by molar-refractivity contribution is 5.86. The Bertz CT molecular complexity index is 1990. The molecule has 9 atom stereocenters. The number of hydrogen-bond acceptors (Lipinski definition) is 10. The van der Waals surface area contributed by atoms with Crippen LogP contribution in [0, 0.1) is 23.7 Å². The second kappa shape index (κ2) is 28.5. The van der Waals surface area contributed by atoms with Gasteiger partial charge in [0, 0.05) is 78.5 Å². The molecule has 1 aromatic carbocycles. The number of carbonyl (C=O) groups excluding carboxylic acids is 4. The maximum atomic E-state index is 14.7. The molecule has 0 bridgehead atoms. The van der Waals surface area contributed by atoms with Gasteiger partial charge in [0.1, 0.15) is 6.04 Å². The van der Waals surface area contributed by atoms with E-state index in [-0.39, 0.29) is 71.5 Å². The van der Waals surface area contributed by atoms with Crippen LogP contribution in [0.15, 0.2) is 36.4 Å². The number of likely N-dealkylation sites (N-methyl/N-ethyl adjacent to an activating group) is 2. The molecular weight excluding hydrogens is 905 g/mol. The molecule has 5 N–H and O–H groups in total. The predicted octanol–water partition coefficient (Wildman–Crippen LogP) is 7.37. The van der Waals surface area contributed by atoms with Crippen LogP contribution in [0.2, 0.25) is 0 Å². The number of likely N-dealkylation sites (tertiary alicyclic amines) is 1. The Balaban J connectivity index is 1.67. The number of carbonyl (C=O) groups is 5. The Morgan fingerprint density at radius 1 is 0.901 bits per heavy atom. The topological polar surface area (TPSA) is 203 Å². The first kappa shape index (κ1) is 60.6. The predicted molar refractivity (Wildman–Crippen MR) is 278 cm³/mol. The van der Waals surface area contributed by atoms with Crippen molar-refractivity contribution in [2.75, 3.05) is 41.4 Å². The smallest absolute Gasteiger partial charge is 0.326 e. The molecule has 1 aliphatic heterocycles. The fourth-order valence-corrected chi connectivity index (χ4v) is 10.6. The van der Waals surface area contributed by atoms with Gasteiger partial charge in [-0.3, -0.25) is 23.7 Å². The van der Waals surface area contributed by atoms with Gasteiger partial charge in [0.05, 0.1) is 42.7 Å². The van der Waals surface area contributed by atoms with E-state index in [1.165, 1.54) is 7.11 Å². The Morgan fingerprint density at radius 3 is 2.13 bits per heavy atom. The number of methoxy groups -OCH3 is 2. The number of aliphatic carboxylic acids is 1. The van der Waals surface area contributed by atoms with Crippen LogP contribution in [-0.2, 0) is 51.8 Å². The van der Waals surface area contributed by atoms with Gasteiger partial charge in [0.15, 0.2) is 11.8 Å². The number of hydrogen-bond donors (Lipinski definition) is 5. The van der Waals surface area contributed by atoms with Crippen molar-refractivity contribution >= 4 is 29.6 Å². The number of nitrogens with zero attached hydrogens (tertiary/aromatic N) is 4. The zero-order valence-corrected chi connectivity index (χ0v) is 45.7. The molecule has 1 aromatic heterocycles. The van der Waals surface area contributed by atoms with Crippen LogP contribution in [0.25, 0.3) is 0 Å². The number of aromatic hydroxyl groups is 2. The molecule has 0 spiro atoms. The molecule has 1 fully saturated rings. The molecule has 16 heteroatoms. The van der Waals surface area contributed by atoms with Gasteiger partial charge in [-0.05, 0) is 60.8 Å². The summed E-state index contributed by atoms with van der Waals surface area (Å²) in [6.45, 7) is 21.4. The van der Waals surface area contributed by atoms with Crippen molar-refractivity contribution < 1.29 is 48.8 Å². The molecule has 16 nitrogen and oxygen atoms in total. The van der Waals surface area contributed by atoms with E-state index < -0.39 is 54.2 Å². The van der Waals surface area contributed by atoms with Crippen molar-refractivity contribution in [1.82, 2.24) is 29.9 Å². The Kier molecular flexibility index (Phi) is 24.4. The van der Waals surface area contributed by atoms with Crippen LogP contribution in [-0.4, -0.2) is 148 Å². The van der Waals surface area contributed by atoms with Crippen LogP contribution < -0.4 is 10.6 Å². The van der Waals surface area contributed by atoms with Gasteiger partial charge < -0.3 is 50.1 Å². The van der Waals surface area contributed by atoms with Crippen molar-refractivity contribution in [3.05, 3.63) is 47.5 Å². The highest BCUT2D eigenvalue weighted by Gasteiger charge is 2.43. The molecule has 9 unspecified atom stereocenters. The summed E-state index contributed by atoms with van der Waals surface area (Å²) >= 11 is 0. The minimum Gasteiger partial charge on any atom is -0.494 e. The summed E-state index contributed by atoms with van der Waals surface area (Å²) in [5.74, 6) is -2.60. The second-order valence-electron chi connectivity index (χ2n) is 21.5. The fourth-order valence-electron chi connectivity index (χ4n) is 10.6. The standard InChI is InChI=1S/C55H92N6O10/c1-15-28-55(9,10)40-32-46(63)61(52(40)66)29-22-18-21-27-45(62)58(11)43(35(3)4)34-56-48(36(5)6)53(67)59(12)49(37(7)16-2)44(70-13)33-47(64)60-30-23-26-42(60)50(71-14)38(8)51(65)57-41(54(68)69)31-39-24-19-17-20-25-39/h17,19-20,24-25,32,35-38,41-44,48-50,56,63,66H,15-16,18,21-23,26-31,33-34H2,1-14H3,(H,57,65)(H,68,69). The zero-order chi connectivity index (χ0) is 53.3. The molecule has 0 radical (unpaired) electrons. The molecule has 1 saturated heterocycles. The van der Waals surface area contributed by atoms with Crippen molar-refractivity contribution in [2.45, 2.75) is 194 Å². The molecule has 4 amide bonds. The van der Waals surface area contributed by atoms with Gasteiger partial charge >= 0.3 is 5.97 Å². The molecule has 0 saturated carbocycles. The van der Waals surface area contributed by atoms with Gasteiger partial charge in [-0.25, -0.2) is 4.79 Å². The second-order valence-corrected chi connectivity index (χ2v) is 21.5. The summed E-state index contributed by atoms with van der Waals surface area (Å²) in [5, 5.41) is 37.8. The minimum absolute atomic E-state index is 0.00742. The lowest BCUT2D eigenvalue weighted by atomic mass is 9.82. The van der Waals surface area contributed by atoms with Gasteiger partial charge in [0.2, 0.25) is 23.6 Å². The monoisotopic (exact) mass is 997 g/mol. The van der Waals surface area contributed by atoms with Crippen LogP contribution in [0.5, 0.6) is 11.8 Å². The van der Waals surface area contributed by atoms with Crippen LogP contribution in [0.3, 0.4) is 0 Å². The van der Waals surface area contributed by atoms with E-state index in [2.05, 4.69) is 52.2 Å². The van der Waals surface area contributed by atoms with Crippen molar-refractivity contribution in [3.63, 3.8) is 0 Å². The summed E-state index contributed by atoms with van der Waals surface area (Å²) in [7, 11) is 6.66. The first-order valence-electron chi connectivity index (χ1n) is 26.3. The highest BCUT2D eigenvalue weighted by Crippen LogP contribution is 2.39. The van der Waals surface area contributed by atoms with E-state index in [0.29, 0.717) is 51.7 Å². The lowest BCUT2D eigenvalue weighted by molar-refractivity contribution is -0.148. The number of nitrogens with one attached hydrogen (secondary N) is 2. The maximum Gasteiger partial charge on any atom is 0.326 e. The SMILES string of the molecule is CCCC(C)(C)c1cc(O)n(CCCCCC(=O)N(C)C(CNC(C(=O)N(C)C(C(C)CC)C(CC(=O)N2CCCC2C(OC)C(C)C(=O)NC(Cc2ccccc2)C(=O)O)OC)C(C)C)C(C)C)c1O. The highest BCUT2D eigenvalue weighted by atomic mass is 16.5. The average Bonchev–Trinajstić information content (AvgIpc) is 3.93. The summed E-state index contributed by atoms with van der Waals surface area (Å²) in [6, 6.07) is 7.95. The largest absolute Gasteiger partial charge is 0.494 e. The molecule has 2 heterocycles. The number of ether oxygens (including phenoxy) is 2. The molecule has 71 heavy (non-hydrogen) atoms. The quantitative estimate of drug-likeness (QED) is 0.0472. The van der Waals surface area contributed by atoms with Crippen molar-refractivity contribution in [1.29, 1.82) is 0 Å².